The van der Waals surface area contributed by atoms with E-state index in [1.54, 1.807) is 6.26 Å². The molecule has 0 radical (unpaired) electrons. The number of carbonyl (C=O) groups excluding carboxylic acids is 1. The van der Waals surface area contributed by atoms with E-state index in [2.05, 4.69) is 10.3 Å². The molecule has 2 aliphatic rings. The lowest BCUT2D eigenvalue weighted by Gasteiger charge is -2.27. The molecule has 2 bridgehead atoms. The molecule has 2 aromatic rings. The van der Waals surface area contributed by atoms with Crippen LogP contribution in [0.5, 0.6) is 0 Å². The van der Waals surface area contributed by atoms with Crippen LogP contribution in [0.3, 0.4) is 0 Å². The fraction of sp³-hybridized carbons (Fsp3) is 0.444. The molecule has 0 aliphatic heterocycles. The topological polar surface area (TPSA) is 81.2 Å². The van der Waals surface area contributed by atoms with Gasteiger partial charge >= 0.3 is 0 Å². The van der Waals surface area contributed by atoms with Crippen LogP contribution in [0.4, 0.5) is 5.69 Å². The number of hydrogen-bond acceptors (Lipinski definition) is 4. The van der Waals surface area contributed by atoms with Gasteiger partial charge in [0.2, 0.25) is 11.8 Å². The molecule has 4 unspecified atom stereocenters. The first-order valence-electron chi connectivity index (χ1n) is 8.21. The summed E-state index contributed by atoms with van der Waals surface area (Å²) in [5.74, 6) is 1.53. The quantitative estimate of drug-likeness (QED) is 0.891. The number of hydrogen-bond donors (Lipinski definition) is 2. The first-order chi connectivity index (χ1) is 11.1. The predicted octanol–water partition coefficient (Wildman–Crippen LogP) is 3.38. The zero-order chi connectivity index (χ0) is 16.0. The molecule has 2 aliphatic carbocycles. The van der Waals surface area contributed by atoms with Crippen molar-refractivity contribution in [1.29, 1.82) is 0 Å². The Morgan fingerprint density at radius 2 is 2.12 bits per heavy atom. The molecule has 4 rings (SSSR count). The van der Waals surface area contributed by atoms with E-state index in [4.69, 9.17) is 10.2 Å². The Morgan fingerprint density at radius 3 is 2.79 bits per heavy atom. The smallest absolute Gasteiger partial charge is 0.229 e. The number of fused-ring (bicyclic) bond motifs is 2. The van der Waals surface area contributed by atoms with Gasteiger partial charge in [0.25, 0.3) is 0 Å². The van der Waals surface area contributed by atoms with Crippen molar-refractivity contribution in [1.82, 2.24) is 4.98 Å². The number of aryl methyl sites for hydroxylation is 1. The number of halogens is 1. The highest BCUT2D eigenvalue weighted by atomic mass is 35.5. The molecule has 2 fully saturated rings. The minimum absolute atomic E-state index is 0. The van der Waals surface area contributed by atoms with E-state index in [1.165, 1.54) is 6.42 Å². The molecule has 3 N–H and O–H groups in total. The van der Waals surface area contributed by atoms with Gasteiger partial charge in [0.1, 0.15) is 6.26 Å². The van der Waals surface area contributed by atoms with Crippen molar-refractivity contribution in [2.45, 2.75) is 32.2 Å². The van der Waals surface area contributed by atoms with Gasteiger partial charge in [-0.3, -0.25) is 4.79 Å². The maximum Gasteiger partial charge on any atom is 0.229 e. The van der Waals surface area contributed by atoms with Crippen molar-refractivity contribution >= 4 is 24.0 Å². The monoisotopic (exact) mass is 347 g/mol. The highest BCUT2D eigenvalue weighted by Crippen LogP contribution is 2.47. The van der Waals surface area contributed by atoms with Crippen molar-refractivity contribution in [3.05, 3.63) is 36.2 Å². The van der Waals surface area contributed by atoms with Crippen LogP contribution in [0.2, 0.25) is 0 Å². The highest BCUT2D eigenvalue weighted by molar-refractivity contribution is 5.94. The first kappa shape index (κ1) is 17.0. The second kappa shape index (κ2) is 6.57. The van der Waals surface area contributed by atoms with E-state index in [1.807, 2.05) is 31.2 Å². The number of oxazole rings is 1. The van der Waals surface area contributed by atoms with Crippen LogP contribution in [0.15, 0.2) is 34.9 Å². The number of nitrogens with two attached hydrogens (primary N) is 1. The van der Waals surface area contributed by atoms with E-state index in [0.29, 0.717) is 17.7 Å². The Hall–Kier alpha value is -1.85. The fourth-order valence-corrected chi connectivity index (χ4v) is 4.17. The summed E-state index contributed by atoms with van der Waals surface area (Å²) in [5.41, 5.74) is 8.71. The average molecular weight is 348 g/mol. The number of benzene rings is 1. The van der Waals surface area contributed by atoms with Crippen LogP contribution in [-0.4, -0.2) is 16.9 Å². The molecule has 0 saturated heterocycles. The Bertz CT molecular complexity index is 743. The maximum absolute atomic E-state index is 12.6. The lowest BCUT2D eigenvalue weighted by atomic mass is 9.84. The number of nitrogens with zero attached hydrogens (tertiary/aromatic N) is 1. The SMILES string of the molecule is Cc1coc(-c2cccc(NC(=O)C3C4CCC(C4)C3N)c2)n1.Cl. The van der Waals surface area contributed by atoms with Gasteiger partial charge in [0, 0.05) is 17.3 Å². The molecule has 2 saturated carbocycles. The van der Waals surface area contributed by atoms with Crippen molar-refractivity contribution in [2.75, 3.05) is 5.32 Å². The largest absolute Gasteiger partial charge is 0.444 e. The molecule has 1 aromatic carbocycles. The van der Waals surface area contributed by atoms with E-state index in [0.717, 1.165) is 29.8 Å². The van der Waals surface area contributed by atoms with Gasteiger partial charge in [-0.15, -0.1) is 12.4 Å². The van der Waals surface area contributed by atoms with Crippen LogP contribution in [0, 0.1) is 24.7 Å². The minimum Gasteiger partial charge on any atom is -0.444 e. The molecule has 5 nitrogen and oxygen atoms in total. The van der Waals surface area contributed by atoms with Gasteiger partial charge in [-0.05, 0) is 56.2 Å². The minimum atomic E-state index is -0.0543. The van der Waals surface area contributed by atoms with Crippen LogP contribution in [0.1, 0.15) is 25.0 Å². The predicted molar refractivity (Wildman–Crippen MR) is 94.9 cm³/mol. The van der Waals surface area contributed by atoms with E-state index in [9.17, 15) is 4.79 Å². The fourth-order valence-electron chi connectivity index (χ4n) is 4.17. The number of carbonyl (C=O) groups is 1. The normalized spacial score (nSPS) is 27.8. The highest BCUT2D eigenvalue weighted by Gasteiger charge is 2.49. The van der Waals surface area contributed by atoms with E-state index >= 15 is 0 Å². The molecule has 1 aromatic heterocycles. The van der Waals surface area contributed by atoms with Gasteiger partial charge in [-0.1, -0.05) is 6.07 Å². The molecule has 6 heteroatoms. The van der Waals surface area contributed by atoms with Gasteiger partial charge in [0.15, 0.2) is 0 Å². The van der Waals surface area contributed by atoms with E-state index in [-0.39, 0.29) is 30.3 Å². The molecule has 128 valence electrons. The summed E-state index contributed by atoms with van der Waals surface area (Å²) >= 11 is 0. The lowest BCUT2D eigenvalue weighted by molar-refractivity contribution is -0.121. The van der Waals surface area contributed by atoms with Gasteiger partial charge in [0.05, 0.1) is 11.6 Å². The number of nitrogens with one attached hydrogen (secondary N) is 1. The summed E-state index contributed by atoms with van der Waals surface area (Å²) in [6.07, 6.45) is 5.03. The third kappa shape index (κ3) is 2.94. The van der Waals surface area contributed by atoms with Crippen LogP contribution < -0.4 is 11.1 Å². The molecule has 24 heavy (non-hydrogen) atoms. The summed E-state index contributed by atoms with van der Waals surface area (Å²) in [6, 6.07) is 7.60. The van der Waals surface area contributed by atoms with Crippen LogP contribution in [-0.2, 0) is 4.79 Å². The number of amides is 1. The number of anilines is 1. The molecule has 0 spiro atoms. The number of rotatable bonds is 3. The second-order valence-electron chi connectivity index (χ2n) is 6.80. The number of aromatic nitrogens is 1. The summed E-state index contributed by atoms with van der Waals surface area (Å²) in [7, 11) is 0. The van der Waals surface area contributed by atoms with Crippen molar-refractivity contribution in [3.63, 3.8) is 0 Å². The lowest BCUT2D eigenvalue weighted by Crippen LogP contribution is -2.42. The van der Waals surface area contributed by atoms with E-state index < -0.39 is 0 Å². The third-order valence-electron chi connectivity index (χ3n) is 5.28. The zero-order valence-corrected chi connectivity index (χ0v) is 14.4. The molecular weight excluding hydrogens is 326 g/mol. The Labute approximate surface area is 147 Å². The van der Waals surface area contributed by atoms with Crippen LogP contribution >= 0.6 is 12.4 Å². The Balaban J connectivity index is 0.00000169. The maximum atomic E-state index is 12.6. The second-order valence-corrected chi connectivity index (χ2v) is 6.80. The summed E-state index contributed by atoms with van der Waals surface area (Å²) < 4.78 is 5.42. The summed E-state index contributed by atoms with van der Waals surface area (Å²) in [6.45, 7) is 1.88. The van der Waals surface area contributed by atoms with Crippen molar-refractivity contribution in [2.24, 2.45) is 23.5 Å². The summed E-state index contributed by atoms with van der Waals surface area (Å²) in [4.78, 5) is 17.0. The first-order valence-corrected chi connectivity index (χ1v) is 8.21. The van der Waals surface area contributed by atoms with Gasteiger partial charge in [-0.2, -0.15) is 0 Å². The van der Waals surface area contributed by atoms with Crippen molar-refractivity contribution in [3.8, 4) is 11.5 Å². The third-order valence-corrected chi connectivity index (χ3v) is 5.28. The standard InChI is InChI=1S/C18H21N3O2.ClH/c1-10-9-23-18(20-10)13-3-2-4-14(8-13)21-17(22)15-11-5-6-12(7-11)16(15)19;/h2-4,8-9,11-12,15-16H,5-7,19H2,1H3,(H,21,22);1H. The van der Waals surface area contributed by atoms with Crippen LogP contribution in [0.25, 0.3) is 11.5 Å². The Morgan fingerprint density at radius 1 is 1.33 bits per heavy atom. The zero-order valence-electron chi connectivity index (χ0n) is 13.6. The molecule has 1 amide bonds. The van der Waals surface area contributed by atoms with Gasteiger partial charge in [-0.25, -0.2) is 4.98 Å². The molecule has 1 heterocycles. The van der Waals surface area contributed by atoms with Crippen molar-refractivity contribution < 1.29 is 9.21 Å². The average Bonchev–Trinajstić information content (AvgIpc) is 3.23. The molecule has 4 atom stereocenters. The summed E-state index contributed by atoms with van der Waals surface area (Å²) in [5, 5.41) is 3.03. The molecular formula is C18H22ClN3O2. The van der Waals surface area contributed by atoms with Gasteiger partial charge < -0.3 is 15.5 Å². The Kier molecular flexibility index (Phi) is 4.65.